The van der Waals surface area contributed by atoms with Crippen LogP contribution in [0.25, 0.3) is 0 Å². The van der Waals surface area contributed by atoms with Gasteiger partial charge in [-0.1, -0.05) is 39.1 Å². The summed E-state index contributed by atoms with van der Waals surface area (Å²) in [5, 5.41) is 1.43. The number of hydrogen-bond donors (Lipinski definition) is 0. The van der Waals surface area contributed by atoms with Crippen molar-refractivity contribution in [2.45, 2.75) is 12.8 Å². The molecule has 0 bridgehead atoms. The van der Waals surface area contributed by atoms with Gasteiger partial charge < -0.3 is 0 Å². The van der Waals surface area contributed by atoms with Gasteiger partial charge >= 0.3 is 0 Å². The average molecular weight is 228 g/mol. The van der Waals surface area contributed by atoms with Crippen LogP contribution in [0.15, 0.2) is 20.6 Å². The van der Waals surface area contributed by atoms with Crippen LogP contribution in [0.1, 0.15) is 12.8 Å². The second-order valence-electron chi connectivity index (χ2n) is 1.84. The fourth-order valence-electron chi connectivity index (χ4n) is 0.637. The molecule has 0 saturated carbocycles. The molecule has 0 aromatic heterocycles. The van der Waals surface area contributed by atoms with Crippen LogP contribution in [-0.2, 0) is 0 Å². The molecule has 0 atom stereocenters. The van der Waals surface area contributed by atoms with Crippen molar-refractivity contribution in [1.29, 1.82) is 0 Å². The Bertz CT molecular complexity index is 181. The Kier molecular flexibility index (Phi) is 2.62. The Morgan fingerprint density at radius 2 is 2.00 bits per heavy atom. The first kappa shape index (κ1) is 7.64. The van der Waals surface area contributed by atoms with Crippen LogP contribution in [0, 0.1) is 0 Å². The summed E-state index contributed by atoms with van der Waals surface area (Å²) in [6, 6.07) is 0. The van der Waals surface area contributed by atoms with Crippen LogP contribution >= 0.6 is 39.1 Å². The lowest BCUT2D eigenvalue weighted by atomic mass is 10.2. The first-order valence-corrected chi connectivity index (χ1v) is 4.15. The fourth-order valence-corrected chi connectivity index (χ4v) is 1.57. The predicted molar refractivity (Wildman–Crippen MR) is 45.0 cm³/mol. The summed E-state index contributed by atoms with van der Waals surface area (Å²) in [5.41, 5.74) is 0. The molecule has 0 N–H and O–H groups in total. The van der Waals surface area contributed by atoms with Gasteiger partial charge in [-0.25, -0.2) is 0 Å². The van der Waals surface area contributed by atoms with Gasteiger partial charge in [0.15, 0.2) is 0 Å². The Hall–Kier alpha value is 0.540. The molecule has 0 heterocycles. The first-order valence-electron chi connectivity index (χ1n) is 2.60. The molecule has 3 heteroatoms. The minimum absolute atomic E-state index is 0.662. The quantitative estimate of drug-likeness (QED) is 0.592. The highest BCUT2D eigenvalue weighted by molar-refractivity contribution is 9.11. The molecule has 0 aromatic carbocycles. The lowest BCUT2D eigenvalue weighted by molar-refractivity contribution is 1.00. The molecule has 0 fully saturated rings. The molecule has 0 aliphatic heterocycles. The van der Waals surface area contributed by atoms with E-state index in [0.29, 0.717) is 5.03 Å². The third-order valence-electron chi connectivity index (χ3n) is 1.13. The van der Waals surface area contributed by atoms with Gasteiger partial charge in [0.2, 0.25) is 0 Å². The Morgan fingerprint density at radius 1 is 1.33 bits per heavy atom. The number of hydrogen-bond acceptors (Lipinski definition) is 0. The highest BCUT2D eigenvalue weighted by atomic mass is 79.9. The first-order chi connectivity index (χ1) is 4.20. The largest absolute Gasteiger partial charge is 0.0875 e. The number of allylic oxidation sites excluding steroid dienone is 4. The van der Waals surface area contributed by atoms with E-state index in [0.717, 1.165) is 22.4 Å². The van der Waals surface area contributed by atoms with E-state index < -0.39 is 0 Å². The standard InChI is InChI=1S/C6H5BrCl2/c7-4-1-2-5(8)6(9)3-4/h3H,1-2H2. The molecule has 0 saturated heterocycles. The monoisotopic (exact) mass is 226 g/mol. The molecule has 0 aromatic rings. The maximum Gasteiger partial charge on any atom is 0.0559 e. The maximum absolute atomic E-state index is 5.71. The Labute approximate surface area is 72.7 Å². The zero-order valence-electron chi connectivity index (χ0n) is 4.63. The van der Waals surface area contributed by atoms with E-state index in [1.54, 1.807) is 0 Å². The van der Waals surface area contributed by atoms with E-state index in [-0.39, 0.29) is 0 Å². The van der Waals surface area contributed by atoms with Crippen LogP contribution in [-0.4, -0.2) is 0 Å². The molecule has 1 rings (SSSR count). The van der Waals surface area contributed by atoms with Gasteiger partial charge in [0.25, 0.3) is 0 Å². The highest BCUT2D eigenvalue weighted by Crippen LogP contribution is 2.31. The van der Waals surface area contributed by atoms with E-state index >= 15 is 0 Å². The van der Waals surface area contributed by atoms with Crippen LogP contribution < -0.4 is 0 Å². The number of rotatable bonds is 0. The van der Waals surface area contributed by atoms with Crippen molar-refractivity contribution in [2.24, 2.45) is 0 Å². The van der Waals surface area contributed by atoms with Gasteiger partial charge in [0.1, 0.15) is 0 Å². The smallest absolute Gasteiger partial charge is 0.0559 e. The molecule has 1 aliphatic carbocycles. The summed E-state index contributed by atoms with van der Waals surface area (Å²) in [5.74, 6) is 0. The summed E-state index contributed by atoms with van der Waals surface area (Å²) in [6.45, 7) is 0. The van der Waals surface area contributed by atoms with E-state index in [2.05, 4.69) is 15.9 Å². The van der Waals surface area contributed by atoms with Crippen molar-refractivity contribution < 1.29 is 0 Å². The molecule has 0 amide bonds. The van der Waals surface area contributed by atoms with Crippen molar-refractivity contribution in [2.75, 3.05) is 0 Å². The molecule has 0 nitrogen and oxygen atoms in total. The summed E-state index contributed by atoms with van der Waals surface area (Å²) < 4.78 is 1.12. The van der Waals surface area contributed by atoms with Crippen LogP contribution in [0.5, 0.6) is 0 Å². The van der Waals surface area contributed by atoms with Gasteiger partial charge in [0.05, 0.1) is 5.03 Å². The molecule has 50 valence electrons. The van der Waals surface area contributed by atoms with Gasteiger partial charge in [-0.05, 0) is 23.4 Å². The normalized spacial score (nSPS) is 20.1. The molecule has 1 aliphatic rings. The van der Waals surface area contributed by atoms with Crippen molar-refractivity contribution in [3.63, 3.8) is 0 Å². The zero-order valence-corrected chi connectivity index (χ0v) is 7.72. The summed E-state index contributed by atoms with van der Waals surface area (Å²) >= 11 is 14.8. The number of halogens is 3. The second-order valence-corrected chi connectivity index (χ2v) is 3.73. The van der Waals surface area contributed by atoms with Crippen molar-refractivity contribution in [1.82, 2.24) is 0 Å². The average Bonchev–Trinajstić information content (AvgIpc) is 1.80. The lowest BCUT2D eigenvalue weighted by Gasteiger charge is -2.06. The Morgan fingerprint density at radius 3 is 2.44 bits per heavy atom. The summed E-state index contributed by atoms with van der Waals surface area (Å²) in [4.78, 5) is 0. The van der Waals surface area contributed by atoms with Crippen LogP contribution in [0.4, 0.5) is 0 Å². The van der Waals surface area contributed by atoms with E-state index in [1.165, 1.54) is 0 Å². The van der Waals surface area contributed by atoms with Crippen molar-refractivity contribution >= 4 is 39.1 Å². The lowest BCUT2D eigenvalue weighted by Crippen LogP contribution is -1.85. The topological polar surface area (TPSA) is 0 Å². The minimum atomic E-state index is 0.662. The molecule has 0 radical (unpaired) electrons. The third-order valence-corrected chi connectivity index (χ3v) is 2.58. The minimum Gasteiger partial charge on any atom is -0.0875 e. The molecular weight excluding hydrogens is 223 g/mol. The zero-order chi connectivity index (χ0) is 6.85. The van der Waals surface area contributed by atoms with E-state index in [1.807, 2.05) is 6.08 Å². The van der Waals surface area contributed by atoms with Crippen molar-refractivity contribution in [3.05, 3.63) is 20.6 Å². The van der Waals surface area contributed by atoms with Gasteiger partial charge in [0, 0.05) is 5.03 Å². The maximum atomic E-state index is 5.71. The van der Waals surface area contributed by atoms with Crippen molar-refractivity contribution in [3.8, 4) is 0 Å². The second kappa shape index (κ2) is 3.09. The van der Waals surface area contributed by atoms with Gasteiger partial charge in [-0.3, -0.25) is 0 Å². The highest BCUT2D eigenvalue weighted by Gasteiger charge is 2.06. The predicted octanol–water partition coefficient (Wildman–Crippen LogP) is 3.75. The molecule has 0 unspecified atom stereocenters. The van der Waals surface area contributed by atoms with Crippen LogP contribution in [0.3, 0.4) is 0 Å². The molecular formula is C6H5BrCl2. The summed E-state index contributed by atoms with van der Waals surface area (Å²) in [6.07, 6.45) is 3.67. The fraction of sp³-hybridized carbons (Fsp3) is 0.333. The van der Waals surface area contributed by atoms with E-state index in [4.69, 9.17) is 23.2 Å². The third kappa shape index (κ3) is 1.99. The Balaban J connectivity index is 2.83. The molecule has 0 spiro atoms. The molecule has 9 heavy (non-hydrogen) atoms. The van der Waals surface area contributed by atoms with Crippen LogP contribution in [0.2, 0.25) is 0 Å². The summed E-state index contributed by atoms with van der Waals surface area (Å²) in [7, 11) is 0. The van der Waals surface area contributed by atoms with Gasteiger partial charge in [-0.2, -0.15) is 0 Å². The SMILES string of the molecule is ClC1=C(Cl)CCC(Br)=C1. The van der Waals surface area contributed by atoms with E-state index in [9.17, 15) is 0 Å². The van der Waals surface area contributed by atoms with Gasteiger partial charge in [-0.15, -0.1) is 0 Å².